The third kappa shape index (κ3) is 4.18. The molecular weight excluding hydrogens is 373 g/mol. The molecule has 1 aromatic heterocycles. The summed E-state index contributed by atoms with van der Waals surface area (Å²) in [6, 6.07) is 6.38. The monoisotopic (exact) mass is 399 g/mol. The number of hydrogen-bond acceptors (Lipinski definition) is 4. The highest BCUT2D eigenvalue weighted by atomic mass is 19.1. The molecule has 2 saturated heterocycles. The number of amides is 2. The summed E-state index contributed by atoms with van der Waals surface area (Å²) >= 11 is 0. The number of carbonyl (C=O) groups excluding carboxylic acids is 2. The van der Waals surface area contributed by atoms with Gasteiger partial charge in [-0.15, -0.1) is 0 Å². The highest BCUT2D eigenvalue weighted by Crippen LogP contribution is 2.30. The van der Waals surface area contributed by atoms with Crippen LogP contribution >= 0.6 is 0 Å². The van der Waals surface area contributed by atoms with E-state index in [0.29, 0.717) is 36.0 Å². The van der Waals surface area contributed by atoms with Gasteiger partial charge in [0.1, 0.15) is 11.6 Å². The number of likely N-dealkylation sites (tertiary alicyclic amines) is 2. The number of oxazole rings is 1. The number of aromatic nitrogens is 1. The second-order valence-electron chi connectivity index (χ2n) is 7.88. The molecule has 2 fully saturated rings. The Morgan fingerprint density at radius 2 is 1.79 bits per heavy atom. The van der Waals surface area contributed by atoms with E-state index >= 15 is 0 Å². The molecular formula is C22H26FN3O3. The van der Waals surface area contributed by atoms with E-state index in [0.717, 1.165) is 38.8 Å². The van der Waals surface area contributed by atoms with Crippen molar-refractivity contribution in [3.05, 3.63) is 53.0 Å². The lowest BCUT2D eigenvalue weighted by atomic mass is 9.96. The Kier molecular flexibility index (Phi) is 5.65. The molecule has 2 aliphatic heterocycles. The molecule has 2 aliphatic rings. The minimum Gasteiger partial charge on any atom is -0.445 e. The minimum absolute atomic E-state index is 0.0486. The molecule has 4 rings (SSSR count). The predicted octanol–water partition coefficient (Wildman–Crippen LogP) is 3.31. The number of piperidine rings is 1. The van der Waals surface area contributed by atoms with Crippen molar-refractivity contribution in [3.63, 3.8) is 0 Å². The number of nitrogens with zero attached hydrogens (tertiary/aromatic N) is 3. The Morgan fingerprint density at radius 3 is 2.48 bits per heavy atom. The molecule has 154 valence electrons. The predicted molar refractivity (Wildman–Crippen MR) is 105 cm³/mol. The molecule has 0 radical (unpaired) electrons. The largest absolute Gasteiger partial charge is 0.445 e. The fourth-order valence-corrected chi connectivity index (χ4v) is 4.15. The van der Waals surface area contributed by atoms with Crippen LogP contribution in [0.4, 0.5) is 4.39 Å². The molecule has 0 bridgehead atoms. The Balaban J connectivity index is 1.36. The van der Waals surface area contributed by atoms with Crippen LogP contribution in [0.1, 0.15) is 59.3 Å². The van der Waals surface area contributed by atoms with Gasteiger partial charge in [0.15, 0.2) is 11.6 Å². The zero-order chi connectivity index (χ0) is 20.4. The van der Waals surface area contributed by atoms with Crippen molar-refractivity contribution in [2.45, 2.75) is 44.9 Å². The van der Waals surface area contributed by atoms with Crippen molar-refractivity contribution in [1.29, 1.82) is 0 Å². The highest BCUT2D eigenvalue weighted by molar-refractivity contribution is 5.93. The molecule has 0 aliphatic carbocycles. The van der Waals surface area contributed by atoms with Gasteiger partial charge in [-0.3, -0.25) is 9.59 Å². The van der Waals surface area contributed by atoms with Crippen molar-refractivity contribution < 1.29 is 18.4 Å². The SMILES string of the molecule is Cc1oc(C2CCN(C(=O)Cc3ccccc3F)CC2)nc1C(=O)N1CCCC1. The molecule has 2 amide bonds. The average Bonchev–Trinajstić information content (AvgIpc) is 3.39. The molecule has 6 nitrogen and oxygen atoms in total. The van der Waals surface area contributed by atoms with Crippen molar-refractivity contribution >= 4 is 11.8 Å². The summed E-state index contributed by atoms with van der Waals surface area (Å²) in [6.07, 6.45) is 3.59. The van der Waals surface area contributed by atoms with Crippen molar-refractivity contribution in [2.75, 3.05) is 26.2 Å². The fraction of sp³-hybridized carbons (Fsp3) is 0.500. The number of aryl methyl sites for hydroxylation is 1. The van der Waals surface area contributed by atoms with Crippen LogP contribution in [0.15, 0.2) is 28.7 Å². The van der Waals surface area contributed by atoms with E-state index in [-0.39, 0.29) is 30.0 Å². The zero-order valence-corrected chi connectivity index (χ0v) is 16.7. The van der Waals surface area contributed by atoms with E-state index in [9.17, 15) is 14.0 Å². The van der Waals surface area contributed by atoms with Crippen LogP contribution in [0.3, 0.4) is 0 Å². The summed E-state index contributed by atoms with van der Waals surface area (Å²) in [5.41, 5.74) is 0.841. The van der Waals surface area contributed by atoms with E-state index in [1.807, 2.05) is 4.90 Å². The summed E-state index contributed by atoms with van der Waals surface area (Å²) in [5, 5.41) is 0. The van der Waals surface area contributed by atoms with Gasteiger partial charge in [-0.1, -0.05) is 18.2 Å². The van der Waals surface area contributed by atoms with Crippen LogP contribution in [-0.2, 0) is 11.2 Å². The quantitative estimate of drug-likeness (QED) is 0.791. The van der Waals surface area contributed by atoms with Crippen LogP contribution in [0, 0.1) is 12.7 Å². The van der Waals surface area contributed by atoms with Crippen LogP contribution in [-0.4, -0.2) is 52.8 Å². The maximum Gasteiger partial charge on any atom is 0.276 e. The van der Waals surface area contributed by atoms with Gasteiger partial charge in [-0.05, 0) is 44.2 Å². The van der Waals surface area contributed by atoms with Crippen molar-refractivity contribution in [3.8, 4) is 0 Å². The van der Waals surface area contributed by atoms with Crippen molar-refractivity contribution in [2.24, 2.45) is 0 Å². The van der Waals surface area contributed by atoms with Gasteiger partial charge >= 0.3 is 0 Å². The second-order valence-corrected chi connectivity index (χ2v) is 7.88. The van der Waals surface area contributed by atoms with Crippen LogP contribution in [0.5, 0.6) is 0 Å². The third-order valence-corrected chi connectivity index (χ3v) is 5.91. The molecule has 7 heteroatoms. The summed E-state index contributed by atoms with van der Waals surface area (Å²) in [4.78, 5) is 33.3. The molecule has 1 aromatic carbocycles. The Hall–Kier alpha value is -2.70. The molecule has 0 saturated carbocycles. The molecule has 0 atom stereocenters. The third-order valence-electron chi connectivity index (χ3n) is 5.91. The summed E-state index contributed by atoms with van der Waals surface area (Å²) < 4.78 is 19.6. The highest BCUT2D eigenvalue weighted by Gasteiger charge is 2.30. The molecule has 3 heterocycles. The van der Waals surface area contributed by atoms with Crippen LogP contribution in [0.2, 0.25) is 0 Å². The van der Waals surface area contributed by atoms with E-state index in [1.54, 1.807) is 30.0 Å². The number of rotatable bonds is 4. The molecule has 0 spiro atoms. The molecule has 0 unspecified atom stereocenters. The van der Waals surface area contributed by atoms with E-state index in [2.05, 4.69) is 4.98 Å². The standard InChI is InChI=1S/C22H26FN3O3/c1-15-20(22(28)26-10-4-5-11-26)24-21(29-15)16-8-12-25(13-9-16)19(27)14-17-6-2-3-7-18(17)23/h2-3,6-7,16H,4-5,8-14H2,1H3. The molecule has 0 N–H and O–H groups in total. The number of carbonyl (C=O) groups is 2. The Morgan fingerprint density at radius 1 is 1.10 bits per heavy atom. The normalized spacial score (nSPS) is 17.7. The van der Waals surface area contributed by atoms with Gasteiger partial charge in [-0.2, -0.15) is 0 Å². The van der Waals surface area contributed by atoms with E-state index < -0.39 is 0 Å². The topological polar surface area (TPSA) is 66.7 Å². The lowest BCUT2D eigenvalue weighted by Crippen LogP contribution is -2.39. The van der Waals surface area contributed by atoms with E-state index in [1.165, 1.54) is 6.07 Å². The molecule has 29 heavy (non-hydrogen) atoms. The Labute approximate surface area is 169 Å². The number of halogens is 1. The first-order valence-electron chi connectivity index (χ1n) is 10.3. The summed E-state index contributed by atoms with van der Waals surface area (Å²) in [7, 11) is 0. The maximum atomic E-state index is 13.8. The average molecular weight is 399 g/mol. The lowest BCUT2D eigenvalue weighted by molar-refractivity contribution is -0.131. The van der Waals surface area contributed by atoms with Gasteiger partial charge in [-0.25, -0.2) is 9.37 Å². The molecule has 2 aromatic rings. The fourth-order valence-electron chi connectivity index (χ4n) is 4.15. The first-order valence-corrected chi connectivity index (χ1v) is 10.3. The minimum atomic E-state index is -0.346. The first kappa shape index (κ1) is 19.6. The smallest absolute Gasteiger partial charge is 0.276 e. The van der Waals surface area contributed by atoms with Crippen LogP contribution in [0.25, 0.3) is 0 Å². The maximum absolute atomic E-state index is 13.8. The lowest BCUT2D eigenvalue weighted by Gasteiger charge is -2.30. The van der Waals surface area contributed by atoms with Gasteiger partial charge < -0.3 is 14.2 Å². The zero-order valence-electron chi connectivity index (χ0n) is 16.7. The van der Waals surface area contributed by atoms with E-state index in [4.69, 9.17) is 4.42 Å². The second kappa shape index (κ2) is 8.35. The summed E-state index contributed by atoms with van der Waals surface area (Å²) in [5.74, 6) is 0.781. The van der Waals surface area contributed by atoms with Gasteiger partial charge in [0.2, 0.25) is 5.91 Å². The van der Waals surface area contributed by atoms with Crippen LogP contribution < -0.4 is 0 Å². The first-order chi connectivity index (χ1) is 14.0. The summed E-state index contributed by atoms with van der Waals surface area (Å²) in [6.45, 7) is 4.50. The number of hydrogen-bond donors (Lipinski definition) is 0. The van der Waals surface area contributed by atoms with Gasteiger partial charge in [0.05, 0.1) is 6.42 Å². The van der Waals surface area contributed by atoms with Gasteiger partial charge in [0.25, 0.3) is 5.91 Å². The Bertz CT molecular complexity index is 896. The van der Waals surface area contributed by atoms with Gasteiger partial charge in [0, 0.05) is 32.1 Å². The number of benzene rings is 1. The van der Waals surface area contributed by atoms with Crippen molar-refractivity contribution in [1.82, 2.24) is 14.8 Å².